The maximum absolute atomic E-state index is 14.4. The van der Waals surface area contributed by atoms with Crippen LogP contribution >= 0.6 is 23.2 Å². The Bertz CT molecular complexity index is 1100. The molecule has 0 aliphatic carbocycles. The summed E-state index contributed by atoms with van der Waals surface area (Å²) in [5.74, 6) is -1.51. The summed E-state index contributed by atoms with van der Waals surface area (Å²) in [5.41, 5.74) is 1.66. The monoisotopic (exact) mass is 491 g/mol. The number of anilines is 2. The molecule has 0 aromatic heterocycles. The smallest absolute Gasteiger partial charge is 0.233 e. The van der Waals surface area contributed by atoms with Crippen LogP contribution in [0.25, 0.3) is 0 Å². The van der Waals surface area contributed by atoms with E-state index in [1.165, 1.54) is 12.1 Å². The molecule has 0 radical (unpaired) electrons. The molecule has 2 aromatic rings. The first kappa shape index (κ1) is 23.8. The molecule has 33 heavy (non-hydrogen) atoms. The summed E-state index contributed by atoms with van der Waals surface area (Å²) in [4.78, 5) is 32.8. The molecule has 0 N–H and O–H groups in total. The van der Waals surface area contributed by atoms with E-state index >= 15 is 0 Å². The number of rotatable bonds is 2. The van der Waals surface area contributed by atoms with Gasteiger partial charge in [0.05, 0.1) is 28.4 Å². The largest absolute Gasteiger partial charge is 0.373 e. The van der Waals surface area contributed by atoms with E-state index in [1.807, 2.05) is 40.0 Å². The van der Waals surface area contributed by atoms with Crippen LogP contribution in [0.1, 0.15) is 45.2 Å². The number of likely N-dealkylation sites (tertiary alicyclic amines) is 1. The van der Waals surface area contributed by atoms with E-state index in [2.05, 4.69) is 4.90 Å². The van der Waals surface area contributed by atoms with Gasteiger partial charge < -0.3 is 14.7 Å². The van der Waals surface area contributed by atoms with Crippen LogP contribution in [0.4, 0.5) is 15.8 Å². The zero-order valence-electron chi connectivity index (χ0n) is 19.2. The quantitative estimate of drug-likeness (QED) is 0.541. The van der Waals surface area contributed by atoms with Gasteiger partial charge in [-0.05, 0) is 63.1 Å². The highest BCUT2D eigenvalue weighted by Gasteiger charge is 2.50. The molecule has 4 rings (SSSR count). The van der Waals surface area contributed by atoms with Gasteiger partial charge in [0.2, 0.25) is 11.8 Å². The van der Waals surface area contributed by atoms with E-state index in [1.54, 1.807) is 21.9 Å². The first-order chi connectivity index (χ1) is 15.5. The number of carbonyl (C=O) groups is 2. The lowest BCUT2D eigenvalue weighted by atomic mass is 9.90. The highest BCUT2D eigenvalue weighted by atomic mass is 35.5. The second kappa shape index (κ2) is 8.80. The summed E-state index contributed by atoms with van der Waals surface area (Å²) in [5, 5.41) is 0.546. The van der Waals surface area contributed by atoms with Gasteiger partial charge in [-0.3, -0.25) is 9.59 Å². The number of fused-ring (bicyclic) bond motifs is 1. The van der Waals surface area contributed by atoms with Crippen molar-refractivity contribution in [2.24, 2.45) is 5.92 Å². The van der Waals surface area contributed by atoms with Crippen LogP contribution in [-0.2, 0) is 9.59 Å². The Morgan fingerprint density at radius 2 is 1.79 bits per heavy atom. The summed E-state index contributed by atoms with van der Waals surface area (Å²) in [6.07, 6.45) is 0.839. The lowest BCUT2D eigenvalue weighted by Crippen LogP contribution is -2.46. The van der Waals surface area contributed by atoms with E-state index in [-0.39, 0.29) is 23.3 Å². The van der Waals surface area contributed by atoms with E-state index in [0.29, 0.717) is 17.1 Å². The minimum Gasteiger partial charge on any atom is -0.373 e. The van der Waals surface area contributed by atoms with Crippen molar-refractivity contribution in [1.29, 1.82) is 0 Å². The van der Waals surface area contributed by atoms with Crippen molar-refractivity contribution in [3.05, 3.63) is 57.8 Å². The molecule has 2 unspecified atom stereocenters. The van der Waals surface area contributed by atoms with E-state index in [4.69, 9.17) is 23.2 Å². The normalized spacial score (nSPS) is 21.3. The Morgan fingerprint density at radius 1 is 1.06 bits per heavy atom. The number of hydrogen-bond donors (Lipinski definition) is 0. The number of amides is 2. The lowest BCUT2D eigenvalue weighted by molar-refractivity contribution is -0.133. The summed E-state index contributed by atoms with van der Waals surface area (Å²) < 4.78 is 14.4. The van der Waals surface area contributed by atoms with Gasteiger partial charge >= 0.3 is 0 Å². The van der Waals surface area contributed by atoms with Gasteiger partial charge in [-0.25, -0.2) is 4.39 Å². The topological polar surface area (TPSA) is 43.9 Å². The minimum absolute atomic E-state index is 0.00684. The molecule has 0 bridgehead atoms. The summed E-state index contributed by atoms with van der Waals surface area (Å²) in [6.45, 7) is 7.08. The van der Waals surface area contributed by atoms with E-state index < -0.39 is 23.3 Å². The molecular weight excluding hydrogens is 464 g/mol. The molecule has 1 saturated heterocycles. The Balaban J connectivity index is 1.80. The van der Waals surface area contributed by atoms with Crippen LogP contribution in [0.5, 0.6) is 0 Å². The third kappa shape index (κ3) is 4.43. The second-order valence-electron chi connectivity index (χ2n) is 9.76. The molecular formula is C25H28Cl2FN3O2. The molecule has 2 aliphatic heterocycles. The van der Waals surface area contributed by atoms with Crippen molar-refractivity contribution < 1.29 is 14.0 Å². The van der Waals surface area contributed by atoms with Gasteiger partial charge in [0.15, 0.2) is 0 Å². The Hall–Kier alpha value is -2.31. The molecule has 1 fully saturated rings. The fourth-order valence-corrected chi connectivity index (χ4v) is 5.28. The van der Waals surface area contributed by atoms with Crippen LogP contribution < -0.4 is 9.80 Å². The number of carbonyl (C=O) groups excluding carboxylic acids is 2. The number of halogens is 3. The van der Waals surface area contributed by atoms with Gasteiger partial charge in [-0.1, -0.05) is 29.3 Å². The first-order valence-corrected chi connectivity index (χ1v) is 11.8. The number of hydrogen-bond acceptors (Lipinski definition) is 3. The van der Waals surface area contributed by atoms with E-state index in [9.17, 15) is 14.0 Å². The van der Waals surface area contributed by atoms with Crippen molar-refractivity contribution in [3.8, 4) is 0 Å². The molecule has 5 nitrogen and oxygen atoms in total. The molecule has 0 spiro atoms. The number of nitrogens with zero attached hydrogens (tertiary/aromatic N) is 3. The predicted molar refractivity (Wildman–Crippen MR) is 131 cm³/mol. The van der Waals surface area contributed by atoms with Crippen molar-refractivity contribution in [1.82, 2.24) is 4.90 Å². The molecule has 8 heteroatoms. The highest BCUT2D eigenvalue weighted by molar-refractivity contribution is 6.31. The van der Waals surface area contributed by atoms with Gasteiger partial charge in [-0.2, -0.15) is 0 Å². The standard InChI is InChI=1S/C25H28Cl2FN3O2/c1-25(2,3)31-22(32)14-17(23(31)15-6-8-18(27)19(28)12-15)24(33)30-11-5-10-29(4)20-9-7-16(26)13-21(20)30/h6-9,12-13,17,23H,5,10-11,14H2,1-4H3. The van der Waals surface area contributed by atoms with Crippen LogP contribution in [-0.4, -0.2) is 42.4 Å². The SMILES string of the molecule is CN1CCCN(C(=O)C2CC(=O)N(C(C)(C)C)C2c2ccc(Cl)c(F)c2)c2cc(Cl)ccc21. The van der Waals surface area contributed by atoms with E-state index in [0.717, 1.165) is 24.3 Å². The Labute approximate surface area is 204 Å². The number of benzene rings is 2. The molecule has 2 aliphatic rings. The van der Waals surface area contributed by atoms with Crippen LogP contribution in [0, 0.1) is 11.7 Å². The molecule has 2 amide bonds. The average Bonchev–Trinajstić information content (AvgIpc) is 3.01. The third-order valence-corrected chi connectivity index (χ3v) is 6.97. The zero-order chi connectivity index (χ0) is 24.1. The zero-order valence-corrected chi connectivity index (χ0v) is 20.8. The molecule has 0 saturated carbocycles. The van der Waals surface area contributed by atoms with Crippen LogP contribution in [0.2, 0.25) is 10.0 Å². The van der Waals surface area contributed by atoms with Gasteiger partial charge in [-0.15, -0.1) is 0 Å². The van der Waals surface area contributed by atoms with Gasteiger partial charge in [0, 0.05) is 37.1 Å². The Kier molecular flexibility index (Phi) is 6.36. The summed E-state index contributed by atoms with van der Waals surface area (Å²) in [6, 6.07) is 9.45. The highest BCUT2D eigenvalue weighted by Crippen LogP contribution is 2.45. The molecule has 176 valence electrons. The van der Waals surface area contributed by atoms with Gasteiger partial charge in [0.25, 0.3) is 0 Å². The molecule has 2 atom stereocenters. The van der Waals surface area contributed by atoms with Crippen LogP contribution in [0.15, 0.2) is 36.4 Å². The lowest BCUT2D eigenvalue weighted by Gasteiger charge is -2.39. The maximum atomic E-state index is 14.4. The first-order valence-electron chi connectivity index (χ1n) is 11.1. The summed E-state index contributed by atoms with van der Waals surface area (Å²) in [7, 11) is 1.99. The second-order valence-corrected chi connectivity index (χ2v) is 10.6. The van der Waals surface area contributed by atoms with Crippen molar-refractivity contribution >= 4 is 46.4 Å². The fraction of sp³-hybridized carbons (Fsp3) is 0.440. The van der Waals surface area contributed by atoms with Crippen molar-refractivity contribution in [2.45, 2.75) is 45.2 Å². The van der Waals surface area contributed by atoms with Crippen LogP contribution in [0.3, 0.4) is 0 Å². The van der Waals surface area contributed by atoms with Gasteiger partial charge in [0.1, 0.15) is 5.82 Å². The molecule has 2 aromatic carbocycles. The Morgan fingerprint density at radius 3 is 2.45 bits per heavy atom. The summed E-state index contributed by atoms with van der Waals surface area (Å²) >= 11 is 12.2. The third-order valence-electron chi connectivity index (χ3n) is 6.43. The van der Waals surface area contributed by atoms with Crippen molar-refractivity contribution in [2.75, 3.05) is 29.9 Å². The minimum atomic E-state index is -0.660. The maximum Gasteiger partial charge on any atom is 0.233 e. The predicted octanol–water partition coefficient (Wildman–Crippen LogP) is 5.69. The molecule has 2 heterocycles. The fourth-order valence-electron chi connectivity index (χ4n) is 5.00. The van der Waals surface area contributed by atoms with Crippen molar-refractivity contribution in [3.63, 3.8) is 0 Å². The average molecular weight is 492 g/mol.